The van der Waals surface area contributed by atoms with E-state index in [1.165, 1.54) is 6.92 Å². The SMILES string of the molecule is CC(=O)c1c(C)[nH]c(C(=O)NC2(C(=O)O)CCC2)c1C. The molecule has 0 saturated heterocycles. The Morgan fingerprint density at radius 1 is 1.25 bits per heavy atom. The fraction of sp³-hybridized carbons (Fsp3) is 0.500. The second-order valence-electron chi connectivity index (χ2n) is 5.38. The number of amides is 1. The van der Waals surface area contributed by atoms with E-state index in [0.717, 1.165) is 6.42 Å². The molecule has 1 fully saturated rings. The molecule has 0 radical (unpaired) electrons. The summed E-state index contributed by atoms with van der Waals surface area (Å²) in [6.45, 7) is 4.84. The largest absolute Gasteiger partial charge is 0.480 e. The Bertz CT molecular complexity index is 597. The molecule has 0 aromatic carbocycles. The van der Waals surface area contributed by atoms with E-state index in [-0.39, 0.29) is 11.5 Å². The maximum atomic E-state index is 12.2. The molecule has 3 N–H and O–H groups in total. The van der Waals surface area contributed by atoms with Crippen LogP contribution in [0.2, 0.25) is 0 Å². The summed E-state index contributed by atoms with van der Waals surface area (Å²) in [5.74, 6) is -1.60. The van der Waals surface area contributed by atoms with Crippen LogP contribution in [0.4, 0.5) is 0 Å². The lowest BCUT2D eigenvalue weighted by Gasteiger charge is -2.38. The molecule has 0 unspecified atom stereocenters. The number of carboxylic acid groups (broad SMARTS) is 1. The first kappa shape index (κ1) is 14.3. The molecular formula is C14H18N2O4. The number of rotatable bonds is 4. The van der Waals surface area contributed by atoms with Crippen molar-refractivity contribution in [3.63, 3.8) is 0 Å². The van der Waals surface area contributed by atoms with Crippen molar-refractivity contribution < 1.29 is 19.5 Å². The first-order valence-electron chi connectivity index (χ1n) is 6.54. The average molecular weight is 278 g/mol. The van der Waals surface area contributed by atoms with E-state index in [0.29, 0.717) is 29.7 Å². The van der Waals surface area contributed by atoms with Crippen molar-refractivity contribution >= 4 is 17.7 Å². The van der Waals surface area contributed by atoms with Crippen LogP contribution in [0.25, 0.3) is 0 Å². The van der Waals surface area contributed by atoms with E-state index in [2.05, 4.69) is 10.3 Å². The second kappa shape index (κ2) is 4.77. The van der Waals surface area contributed by atoms with Crippen molar-refractivity contribution in [2.24, 2.45) is 0 Å². The van der Waals surface area contributed by atoms with Crippen LogP contribution in [0.3, 0.4) is 0 Å². The molecule has 20 heavy (non-hydrogen) atoms. The Balaban J connectivity index is 2.29. The number of carboxylic acids is 1. The molecule has 1 amide bonds. The third-order valence-electron chi connectivity index (χ3n) is 3.99. The molecule has 0 aliphatic heterocycles. The molecule has 1 aromatic heterocycles. The van der Waals surface area contributed by atoms with E-state index in [1.807, 2.05) is 0 Å². The van der Waals surface area contributed by atoms with Crippen LogP contribution in [-0.2, 0) is 4.79 Å². The Morgan fingerprint density at radius 3 is 2.20 bits per heavy atom. The van der Waals surface area contributed by atoms with Gasteiger partial charge in [-0.3, -0.25) is 9.59 Å². The van der Waals surface area contributed by atoms with E-state index >= 15 is 0 Å². The minimum atomic E-state index is -1.15. The fourth-order valence-electron chi connectivity index (χ4n) is 2.71. The average Bonchev–Trinajstić information content (AvgIpc) is 2.58. The van der Waals surface area contributed by atoms with Crippen molar-refractivity contribution in [3.8, 4) is 0 Å². The van der Waals surface area contributed by atoms with Gasteiger partial charge in [-0.05, 0) is 45.6 Å². The second-order valence-corrected chi connectivity index (χ2v) is 5.38. The van der Waals surface area contributed by atoms with Gasteiger partial charge in [0, 0.05) is 11.3 Å². The van der Waals surface area contributed by atoms with E-state index in [1.54, 1.807) is 13.8 Å². The number of Topliss-reactive ketones (excluding diaryl/α,β-unsaturated/α-hetero) is 1. The first-order chi connectivity index (χ1) is 9.28. The standard InChI is InChI=1S/C14H18N2O4/c1-7-10(9(3)17)8(2)15-11(7)12(18)16-14(13(19)20)5-4-6-14/h15H,4-6H2,1-3H3,(H,16,18)(H,19,20). The van der Waals surface area contributed by atoms with Gasteiger partial charge in [0.15, 0.2) is 5.78 Å². The number of hydrogen-bond acceptors (Lipinski definition) is 3. The lowest BCUT2D eigenvalue weighted by Crippen LogP contribution is -2.59. The fourth-order valence-corrected chi connectivity index (χ4v) is 2.71. The summed E-state index contributed by atoms with van der Waals surface area (Å²) >= 11 is 0. The highest BCUT2D eigenvalue weighted by molar-refractivity contribution is 6.03. The number of aromatic nitrogens is 1. The molecule has 6 heteroatoms. The normalized spacial score (nSPS) is 16.4. The van der Waals surface area contributed by atoms with Gasteiger partial charge in [-0.15, -0.1) is 0 Å². The number of ketones is 1. The van der Waals surface area contributed by atoms with Crippen molar-refractivity contribution in [1.29, 1.82) is 0 Å². The van der Waals surface area contributed by atoms with E-state index < -0.39 is 17.4 Å². The number of aryl methyl sites for hydroxylation is 1. The predicted octanol–water partition coefficient (Wildman–Crippen LogP) is 1.57. The topological polar surface area (TPSA) is 99.3 Å². The monoisotopic (exact) mass is 278 g/mol. The number of carbonyl (C=O) groups is 3. The third-order valence-corrected chi connectivity index (χ3v) is 3.99. The van der Waals surface area contributed by atoms with Gasteiger partial charge in [0.25, 0.3) is 5.91 Å². The number of H-pyrrole nitrogens is 1. The Labute approximate surface area is 116 Å². The lowest BCUT2D eigenvalue weighted by atomic mass is 9.76. The summed E-state index contributed by atoms with van der Waals surface area (Å²) in [7, 11) is 0. The van der Waals surface area contributed by atoms with Gasteiger partial charge >= 0.3 is 5.97 Å². The van der Waals surface area contributed by atoms with Crippen molar-refractivity contribution in [2.75, 3.05) is 0 Å². The quantitative estimate of drug-likeness (QED) is 0.728. The summed E-state index contributed by atoms with van der Waals surface area (Å²) in [5.41, 5.74) is 0.790. The van der Waals surface area contributed by atoms with Crippen LogP contribution in [0.15, 0.2) is 0 Å². The van der Waals surface area contributed by atoms with Crippen molar-refractivity contribution in [1.82, 2.24) is 10.3 Å². The Kier molecular flexibility index (Phi) is 3.41. The van der Waals surface area contributed by atoms with Gasteiger partial charge < -0.3 is 15.4 Å². The number of aliphatic carboxylic acids is 1. The predicted molar refractivity (Wildman–Crippen MR) is 72.0 cm³/mol. The van der Waals surface area contributed by atoms with Gasteiger partial charge in [0.2, 0.25) is 0 Å². The zero-order chi connectivity index (χ0) is 15.1. The Morgan fingerprint density at radius 2 is 1.85 bits per heavy atom. The molecule has 1 aliphatic carbocycles. The number of hydrogen-bond donors (Lipinski definition) is 3. The molecule has 1 heterocycles. The molecule has 0 bridgehead atoms. The molecule has 0 spiro atoms. The summed E-state index contributed by atoms with van der Waals surface area (Å²) in [6.07, 6.45) is 1.66. The highest BCUT2D eigenvalue weighted by Crippen LogP contribution is 2.32. The van der Waals surface area contributed by atoms with Crippen molar-refractivity contribution in [2.45, 2.75) is 45.6 Å². The first-order valence-corrected chi connectivity index (χ1v) is 6.54. The van der Waals surface area contributed by atoms with Gasteiger partial charge in [0.05, 0.1) is 0 Å². The number of nitrogens with one attached hydrogen (secondary N) is 2. The minimum Gasteiger partial charge on any atom is -0.480 e. The molecule has 1 aromatic rings. The zero-order valence-electron chi connectivity index (χ0n) is 11.8. The van der Waals surface area contributed by atoms with E-state index in [4.69, 9.17) is 0 Å². The summed E-state index contributed by atoms with van der Waals surface area (Å²) in [6, 6.07) is 0. The Hall–Kier alpha value is -2.11. The lowest BCUT2D eigenvalue weighted by molar-refractivity contribution is -0.148. The molecule has 1 aliphatic rings. The smallest absolute Gasteiger partial charge is 0.329 e. The highest BCUT2D eigenvalue weighted by Gasteiger charge is 2.46. The molecule has 1 saturated carbocycles. The summed E-state index contributed by atoms with van der Waals surface area (Å²) in [4.78, 5) is 37.9. The molecular weight excluding hydrogens is 260 g/mol. The van der Waals surface area contributed by atoms with E-state index in [9.17, 15) is 19.5 Å². The molecule has 108 valence electrons. The van der Waals surface area contributed by atoms with Crippen LogP contribution < -0.4 is 5.32 Å². The minimum absolute atomic E-state index is 0.119. The van der Waals surface area contributed by atoms with Crippen LogP contribution in [-0.4, -0.2) is 33.3 Å². The molecule has 2 rings (SSSR count). The third kappa shape index (κ3) is 2.11. The van der Waals surface area contributed by atoms with Gasteiger partial charge in [-0.25, -0.2) is 4.79 Å². The van der Waals surface area contributed by atoms with Crippen LogP contribution in [0.5, 0.6) is 0 Å². The molecule has 6 nitrogen and oxygen atoms in total. The maximum absolute atomic E-state index is 12.2. The van der Waals surface area contributed by atoms with Crippen molar-refractivity contribution in [3.05, 3.63) is 22.5 Å². The summed E-state index contributed by atoms with van der Waals surface area (Å²) < 4.78 is 0. The van der Waals surface area contributed by atoms with Crippen LogP contribution in [0.1, 0.15) is 58.3 Å². The van der Waals surface area contributed by atoms with Crippen LogP contribution >= 0.6 is 0 Å². The van der Waals surface area contributed by atoms with Gasteiger partial charge in [0.1, 0.15) is 11.2 Å². The molecule has 0 atom stereocenters. The highest BCUT2D eigenvalue weighted by atomic mass is 16.4. The summed E-state index contributed by atoms with van der Waals surface area (Å²) in [5, 5.41) is 11.8. The van der Waals surface area contributed by atoms with Gasteiger partial charge in [-0.1, -0.05) is 0 Å². The number of aromatic amines is 1. The van der Waals surface area contributed by atoms with Crippen LogP contribution in [0, 0.1) is 13.8 Å². The number of carbonyl (C=O) groups excluding carboxylic acids is 2. The van der Waals surface area contributed by atoms with Gasteiger partial charge in [-0.2, -0.15) is 0 Å². The maximum Gasteiger partial charge on any atom is 0.329 e. The zero-order valence-corrected chi connectivity index (χ0v) is 11.8.